The van der Waals surface area contributed by atoms with Gasteiger partial charge in [-0.3, -0.25) is 4.99 Å². The summed E-state index contributed by atoms with van der Waals surface area (Å²) in [5.74, 6) is -1.51. The summed E-state index contributed by atoms with van der Waals surface area (Å²) in [6.07, 6.45) is 3.41. The SMILES string of the molecule is Fc1cc(F)c(NC2=NC3CCCC3CS2)cc1F. The molecule has 0 aromatic heterocycles. The van der Waals surface area contributed by atoms with Crippen molar-refractivity contribution in [2.45, 2.75) is 25.3 Å². The maximum Gasteiger partial charge on any atom is 0.161 e. The average Bonchev–Trinajstić information content (AvgIpc) is 2.83. The molecule has 2 unspecified atom stereocenters. The van der Waals surface area contributed by atoms with Gasteiger partial charge < -0.3 is 5.32 Å². The number of halogens is 3. The highest BCUT2D eigenvalue weighted by atomic mass is 32.2. The summed E-state index contributed by atoms with van der Waals surface area (Å²) in [7, 11) is 0. The molecule has 1 aliphatic carbocycles. The van der Waals surface area contributed by atoms with Gasteiger partial charge >= 0.3 is 0 Å². The third-order valence-electron chi connectivity index (χ3n) is 3.59. The number of hydrogen-bond acceptors (Lipinski definition) is 3. The second-order valence-corrected chi connectivity index (χ2v) is 5.88. The highest BCUT2D eigenvalue weighted by Crippen LogP contribution is 2.35. The maximum atomic E-state index is 13.5. The molecule has 0 radical (unpaired) electrons. The Morgan fingerprint density at radius 2 is 1.89 bits per heavy atom. The monoisotopic (exact) mass is 286 g/mol. The molecule has 1 saturated carbocycles. The Morgan fingerprint density at radius 3 is 2.74 bits per heavy atom. The van der Waals surface area contributed by atoms with Gasteiger partial charge in [-0.1, -0.05) is 18.2 Å². The fourth-order valence-corrected chi connectivity index (χ4v) is 3.71. The number of aliphatic imine (C=N–C) groups is 1. The largest absolute Gasteiger partial charge is 0.332 e. The van der Waals surface area contributed by atoms with Crippen molar-refractivity contribution >= 4 is 22.6 Å². The summed E-state index contributed by atoms with van der Waals surface area (Å²) in [5.41, 5.74) is -0.0680. The first-order chi connectivity index (χ1) is 9.13. The Morgan fingerprint density at radius 1 is 1.11 bits per heavy atom. The molecule has 2 aliphatic rings. The third-order valence-corrected chi connectivity index (χ3v) is 4.66. The molecule has 1 fully saturated rings. The van der Waals surface area contributed by atoms with Crippen LogP contribution in [0, 0.1) is 23.4 Å². The Kier molecular flexibility index (Phi) is 3.43. The van der Waals surface area contributed by atoms with Crippen LogP contribution >= 0.6 is 11.8 Å². The van der Waals surface area contributed by atoms with Crippen LogP contribution < -0.4 is 5.32 Å². The summed E-state index contributed by atoms with van der Waals surface area (Å²) in [6.45, 7) is 0. The molecule has 1 aliphatic heterocycles. The highest BCUT2D eigenvalue weighted by Gasteiger charge is 2.31. The van der Waals surface area contributed by atoms with E-state index in [1.807, 2.05) is 0 Å². The molecule has 2 atom stereocenters. The second kappa shape index (κ2) is 5.07. The number of rotatable bonds is 1. The Labute approximate surface area is 113 Å². The van der Waals surface area contributed by atoms with Crippen LogP contribution in [0.1, 0.15) is 19.3 Å². The summed E-state index contributed by atoms with van der Waals surface area (Å²) < 4.78 is 39.5. The lowest BCUT2D eigenvalue weighted by Gasteiger charge is -2.23. The van der Waals surface area contributed by atoms with Crippen LogP contribution in [0.25, 0.3) is 0 Å². The van der Waals surface area contributed by atoms with Gasteiger partial charge in [0.05, 0.1) is 11.7 Å². The van der Waals surface area contributed by atoms with Crippen LogP contribution in [0.15, 0.2) is 17.1 Å². The van der Waals surface area contributed by atoms with Crippen molar-refractivity contribution in [1.82, 2.24) is 0 Å². The number of nitrogens with zero attached hydrogens (tertiary/aromatic N) is 1. The topological polar surface area (TPSA) is 24.4 Å². The quantitative estimate of drug-likeness (QED) is 0.794. The summed E-state index contributed by atoms with van der Waals surface area (Å²) in [5, 5.41) is 3.35. The number of benzene rings is 1. The molecule has 6 heteroatoms. The molecule has 1 aromatic carbocycles. The lowest BCUT2D eigenvalue weighted by molar-refractivity contribution is 0.496. The number of nitrogens with one attached hydrogen (secondary N) is 1. The molecule has 1 N–H and O–H groups in total. The molecule has 1 heterocycles. The van der Waals surface area contributed by atoms with Crippen LogP contribution in [0.4, 0.5) is 18.9 Å². The van der Waals surface area contributed by atoms with Gasteiger partial charge in [0, 0.05) is 17.9 Å². The van der Waals surface area contributed by atoms with Crippen molar-refractivity contribution in [1.29, 1.82) is 0 Å². The zero-order valence-corrected chi connectivity index (χ0v) is 10.9. The first-order valence-electron chi connectivity index (χ1n) is 6.25. The van der Waals surface area contributed by atoms with E-state index in [1.165, 1.54) is 24.6 Å². The fraction of sp³-hybridized carbons (Fsp3) is 0.462. The van der Waals surface area contributed by atoms with Gasteiger partial charge in [0.2, 0.25) is 0 Å². The molecule has 3 rings (SSSR count). The number of hydrogen-bond donors (Lipinski definition) is 1. The van der Waals surface area contributed by atoms with Crippen LogP contribution in [0.3, 0.4) is 0 Å². The minimum absolute atomic E-state index is 0.0680. The first kappa shape index (κ1) is 12.8. The van der Waals surface area contributed by atoms with Crippen molar-refractivity contribution in [3.63, 3.8) is 0 Å². The van der Waals surface area contributed by atoms with E-state index in [-0.39, 0.29) is 11.7 Å². The van der Waals surface area contributed by atoms with Crippen molar-refractivity contribution in [2.75, 3.05) is 11.1 Å². The normalized spacial score (nSPS) is 25.9. The van der Waals surface area contributed by atoms with Crippen molar-refractivity contribution in [2.24, 2.45) is 10.9 Å². The third kappa shape index (κ3) is 2.59. The summed E-state index contributed by atoms with van der Waals surface area (Å²) in [4.78, 5) is 4.52. The van der Waals surface area contributed by atoms with E-state index in [4.69, 9.17) is 0 Å². The van der Waals surface area contributed by atoms with Crippen LogP contribution in [-0.4, -0.2) is 17.0 Å². The molecule has 2 nitrogen and oxygen atoms in total. The number of anilines is 1. The number of thioether (sulfide) groups is 1. The maximum absolute atomic E-state index is 13.5. The van der Waals surface area contributed by atoms with Crippen molar-refractivity contribution in [3.05, 3.63) is 29.6 Å². The average molecular weight is 286 g/mol. The second-order valence-electron chi connectivity index (χ2n) is 4.87. The predicted molar refractivity (Wildman–Crippen MR) is 71.0 cm³/mol. The smallest absolute Gasteiger partial charge is 0.161 e. The molecular weight excluding hydrogens is 273 g/mol. The first-order valence-corrected chi connectivity index (χ1v) is 7.24. The minimum Gasteiger partial charge on any atom is -0.332 e. The molecule has 0 amide bonds. The fourth-order valence-electron chi connectivity index (χ4n) is 2.56. The van der Waals surface area contributed by atoms with E-state index in [1.54, 1.807) is 0 Å². The van der Waals surface area contributed by atoms with Crippen LogP contribution in [-0.2, 0) is 0 Å². The molecule has 19 heavy (non-hydrogen) atoms. The number of fused-ring (bicyclic) bond motifs is 1. The van der Waals surface area contributed by atoms with E-state index < -0.39 is 17.5 Å². The zero-order chi connectivity index (χ0) is 13.4. The molecule has 1 aromatic rings. The van der Waals surface area contributed by atoms with Crippen LogP contribution in [0.2, 0.25) is 0 Å². The Bertz CT molecular complexity index is 533. The Balaban J connectivity index is 1.80. The van der Waals surface area contributed by atoms with Gasteiger partial charge in [-0.15, -0.1) is 0 Å². The van der Waals surface area contributed by atoms with Gasteiger partial charge in [-0.25, -0.2) is 13.2 Å². The molecule has 0 saturated heterocycles. The van der Waals surface area contributed by atoms with Gasteiger partial charge in [0.15, 0.2) is 16.8 Å². The highest BCUT2D eigenvalue weighted by molar-refractivity contribution is 8.14. The molecule has 0 bridgehead atoms. The Hall–Kier alpha value is -1.17. The standard InChI is InChI=1S/C13H13F3N2S/c14-8-4-10(16)12(5-9(8)15)18-13-17-11-3-1-2-7(11)6-19-13/h4-5,7,11H,1-3,6H2,(H,17,18). The summed E-state index contributed by atoms with van der Waals surface area (Å²) in [6, 6.07) is 1.66. The lowest BCUT2D eigenvalue weighted by atomic mass is 10.1. The molecule has 0 spiro atoms. The zero-order valence-electron chi connectivity index (χ0n) is 10.1. The van der Waals surface area contributed by atoms with E-state index in [0.717, 1.165) is 18.2 Å². The van der Waals surface area contributed by atoms with Crippen molar-refractivity contribution in [3.8, 4) is 0 Å². The van der Waals surface area contributed by atoms with E-state index in [2.05, 4.69) is 10.3 Å². The molecular formula is C13H13F3N2S. The van der Waals surface area contributed by atoms with Gasteiger partial charge in [-0.2, -0.15) is 0 Å². The van der Waals surface area contributed by atoms with Gasteiger partial charge in [0.1, 0.15) is 5.82 Å². The van der Waals surface area contributed by atoms with E-state index in [9.17, 15) is 13.2 Å². The predicted octanol–water partition coefficient (Wildman–Crippen LogP) is 3.79. The minimum atomic E-state index is -1.18. The number of amidine groups is 1. The van der Waals surface area contributed by atoms with Crippen LogP contribution in [0.5, 0.6) is 0 Å². The van der Waals surface area contributed by atoms with Gasteiger partial charge in [0.25, 0.3) is 0 Å². The molecule has 102 valence electrons. The van der Waals surface area contributed by atoms with Crippen molar-refractivity contribution < 1.29 is 13.2 Å². The van der Waals surface area contributed by atoms with E-state index >= 15 is 0 Å². The lowest BCUT2D eigenvalue weighted by Crippen LogP contribution is -2.25. The van der Waals surface area contributed by atoms with Gasteiger partial charge in [-0.05, 0) is 18.8 Å². The van der Waals surface area contributed by atoms with E-state index in [0.29, 0.717) is 17.2 Å². The summed E-state index contributed by atoms with van der Waals surface area (Å²) >= 11 is 1.51.